The van der Waals surface area contributed by atoms with E-state index in [1.807, 2.05) is 18.3 Å². The van der Waals surface area contributed by atoms with E-state index in [2.05, 4.69) is 43.1 Å². The van der Waals surface area contributed by atoms with Crippen LogP contribution in [0.3, 0.4) is 0 Å². The summed E-state index contributed by atoms with van der Waals surface area (Å²) in [4.78, 5) is 4.36. The largest absolute Gasteiger partial charge is 0.368 e. The Hall–Kier alpha value is -1.62. The van der Waals surface area contributed by atoms with Crippen molar-refractivity contribution in [1.29, 1.82) is 0 Å². The van der Waals surface area contributed by atoms with Crippen LogP contribution in [0.1, 0.15) is 33.4 Å². The molecule has 2 heterocycles. The van der Waals surface area contributed by atoms with Gasteiger partial charge in [0.1, 0.15) is 5.82 Å². The number of nitrogens with one attached hydrogen (secondary N) is 1. The van der Waals surface area contributed by atoms with Crippen LogP contribution in [0.2, 0.25) is 0 Å². The first-order valence-corrected chi connectivity index (χ1v) is 6.71. The first kappa shape index (κ1) is 13.8. The fraction of sp³-hybridized carbons (Fsp3) is 0.571. The van der Waals surface area contributed by atoms with Crippen molar-refractivity contribution in [3.8, 4) is 0 Å². The summed E-state index contributed by atoms with van der Waals surface area (Å²) in [7, 11) is 0. The minimum atomic E-state index is 0.230. The third kappa shape index (κ3) is 3.04. The van der Waals surface area contributed by atoms with Crippen LogP contribution in [0.4, 0.5) is 5.82 Å². The monoisotopic (exact) mass is 261 g/mol. The quantitative estimate of drug-likeness (QED) is 0.866. The predicted octanol–water partition coefficient (Wildman–Crippen LogP) is 2.28. The number of imidazole rings is 1. The van der Waals surface area contributed by atoms with Gasteiger partial charge in [0, 0.05) is 13.1 Å². The highest BCUT2D eigenvalue weighted by Gasteiger charge is 2.22. The number of rotatable bonds is 5. The smallest absolute Gasteiger partial charge is 0.153 e. The van der Waals surface area contributed by atoms with E-state index in [-0.39, 0.29) is 5.41 Å². The van der Waals surface area contributed by atoms with Gasteiger partial charge in [-0.05, 0) is 23.5 Å². The van der Waals surface area contributed by atoms with Gasteiger partial charge >= 0.3 is 0 Å². The third-order valence-corrected chi connectivity index (χ3v) is 3.87. The number of nitrogens with zero attached hydrogens (tertiary/aromatic N) is 3. The molecule has 0 aromatic carbocycles. The van der Waals surface area contributed by atoms with Crippen molar-refractivity contribution in [3.05, 3.63) is 24.0 Å². The molecule has 0 unspecified atom stereocenters. The molecule has 5 heteroatoms. The van der Waals surface area contributed by atoms with Gasteiger partial charge in [-0.1, -0.05) is 27.7 Å². The Morgan fingerprint density at radius 2 is 2.11 bits per heavy atom. The Morgan fingerprint density at radius 3 is 2.74 bits per heavy atom. The molecule has 2 rings (SSSR count). The van der Waals surface area contributed by atoms with Gasteiger partial charge in [0.05, 0.1) is 11.9 Å². The van der Waals surface area contributed by atoms with Gasteiger partial charge in [-0.25, -0.2) is 9.50 Å². The summed E-state index contributed by atoms with van der Waals surface area (Å²) in [6.07, 6.45) is 1.87. The molecule has 2 aromatic heterocycles. The van der Waals surface area contributed by atoms with Gasteiger partial charge in [-0.2, -0.15) is 0 Å². The molecule has 0 atom stereocenters. The molecule has 0 fully saturated rings. The second-order valence-electron chi connectivity index (χ2n) is 5.95. The molecule has 0 aliphatic rings. The molecule has 0 bridgehead atoms. The minimum absolute atomic E-state index is 0.230. The van der Waals surface area contributed by atoms with Crippen LogP contribution < -0.4 is 11.1 Å². The topological polar surface area (TPSA) is 68.2 Å². The highest BCUT2D eigenvalue weighted by molar-refractivity contribution is 5.45. The molecule has 0 amide bonds. The summed E-state index contributed by atoms with van der Waals surface area (Å²) in [6, 6.07) is 3.91. The van der Waals surface area contributed by atoms with Gasteiger partial charge in [-0.15, -0.1) is 5.10 Å². The normalized spacial score (nSPS) is 12.3. The van der Waals surface area contributed by atoms with E-state index in [1.54, 1.807) is 4.52 Å². The molecule has 2 aromatic rings. The molecule has 0 aliphatic heterocycles. The first-order valence-electron chi connectivity index (χ1n) is 6.71. The maximum absolute atomic E-state index is 5.58. The van der Waals surface area contributed by atoms with Crippen LogP contribution in [0.25, 0.3) is 5.65 Å². The van der Waals surface area contributed by atoms with Crippen LogP contribution in [0, 0.1) is 11.3 Å². The average molecular weight is 261 g/mol. The van der Waals surface area contributed by atoms with Crippen molar-refractivity contribution in [2.45, 2.75) is 34.2 Å². The molecule has 0 saturated heterocycles. The van der Waals surface area contributed by atoms with Crippen molar-refractivity contribution in [3.63, 3.8) is 0 Å². The summed E-state index contributed by atoms with van der Waals surface area (Å²) in [5.41, 5.74) is 7.49. The van der Waals surface area contributed by atoms with Crippen LogP contribution >= 0.6 is 0 Å². The number of hydrogen-bond donors (Lipinski definition) is 2. The van der Waals surface area contributed by atoms with E-state index < -0.39 is 0 Å². The Kier molecular flexibility index (Phi) is 3.75. The molecule has 104 valence electrons. The molecule has 5 nitrogen and oxygen atoms in total. The zero-order chi connectivity index (χ0) is 14.0. The van der Waals surface area contributed by atoms with Crippen molar-refractivity contribution < 1.29 is 0 Å². The van der Waals surface area contributed by atoms with Crippen LogP contribution in [0.5, 0.6) is 0 Å². The van der Waals surface area contributed by atoms with Crippen LogP contribution in [-0.2, 0) is 6.54 Å². The lowest BCUT2D eigenvalue weighted by atomic mass is 9.81. The Labute approximate surface area is 114 Å². The summed E-state index contributed by atoms with van der Waals surface area (Å²) < 4.78 is 1.77. The fourth-order valence-electron chi connectivity index (χ4n) is 1.65. The second kappa shape index (κ2) is 5.17. The first-order chi connectivity index (χ1) is 8.92. The van der Waals surface area contributed by atoms with E-state index in [1.165, 1.54) is 0 Å². The predicted molar refractivity (Wildman–Crippen MR) is 78.0 cm³/mol. The molecule has 0 saturated carbocycles. The number of hydrogen-bond acceptors (Lipinski definition) is 4. The number of aromatic nitrogens is 3. The summed E-state index contributed by atoms with van der Waals surface area (Å²) in [6.45, 7) is 10.3. The molecule has 0 radical (unpaired) electrons. The summed E-state index contributed by atoms with van der Waals surface area (Å²) >= 11 is 0. The van der Waals surface area contributed by atoms with Gasteiger partial charge in [0.2, 0.25) is 0 Å². The maximum atomic E-state index is 5.58. The lowest BCUT2D eigenvalue weighted by molar-refractivity contribution is 0.269. The Balaban J connectivity index is 2.13. The SMILES string of the molecule is CC(C)C(C)(C)CNc1ccc2nc(CN)cn2n1. The van der Waals surface area contributed by atoms with E-state index in [4.69, 9.17) is 5.73 Å². The van der Waals surface area contributed by atoms with Gasteiger partial charge < -0.3 is 11.1 Å². The molecular formula is C14H23N5. The van der Waals surface area contributed by atoms with Crippen molar-refractivity contribution in [2.75, 3.05) is 11.9 Å². The minimum Gasteiger partial charge on any atom is -0.368 e. The van der Waals surface area contributed by atoms with E-state index in [0.717, 1.165) is 23.7 Å². The maximum Gasteiger partial charge on any atom is 0.153 e. The Morgan fingerprint density at radius 1 is 1.37 bits per heavy atom. The standard InChI is InChI=1S/C14H23N5/c1-10(2)14(3,4)9-16-12-5-6-13-17-11(7-15)8-19(13)18-12/h5-6,8,10H,7,9,15H2,1-4H3,(H,16,18). The second-order valence-corrected chi connectivity index (χ2v) is 5.95. The highest BCUT2D eigenvalue weighted by atomic mass is 15.3. The fourth-order valence-corrected chi connectivity index (χ4v) is 1.65. The zero-order valence-electron chi connectivity index (χ0n) is 12.1. The Bertz CT molecular complexity index is 556. The number of anilines is 1. The van der Waals surface area contributed by atoms with E-state index in [9.17, 15) is 0 Å². The lowest BCUT2D eigenvalue weighted by Gasteiger charge is -2.29. The molecular weight excluding hydrogens is 238 g/mol. The van der Waals surface area contributed by atoms with Crippen LogP contribution in [0.15, 0.2) is 18.3 Å². The van der Waals surface area contributed by atoms with Crippen LogP contribution in [-0.4, -0.2) is 21.1 Å². The molecule has 0 spiro atoms. The third-order valence-electron chi connectivity index (χ3n) is 3.87. The van der Waals surface area contributed by atoms with Gasteiger partial charge in [-0.3, -0.25) is 0 Å². The van der Waals surface area contributed by atoms with Crippen molar-refractivity contribution in [2.24, 2.45) is 17.1 Å². The van der Waals surface area contributed by atoms with E-state index >= 15 is 0 Å². The van der Waals surface area contributed by atoms with E-state index in [0.29, 0.717) is 12.5 Å². The highest BCUT2D eigenvalue weighted by Crippen LogP contribution is 2.26. The number of nitrogens with two attached hydrogens (primary N) is 1. The lowest BCUT2D eigenvalue weighted by Crippen LogP contribution is -2.28. The van der Waals surface area contributed by atoms with Crippen molar-refractivity contribution in [1.82, 2.24) is 14.6 Å². The molecule has 0 aliphatic carbocycles. The number of fused-ring (bicyclic) bond motifs is 1. The zero-order valence-corrected chi connectivity index (χ0v) is 12.1. The summed E-state index contributed by atoms with van der Waals surface area (Å²) in [5, 5.41) is 7.89. The summed E-state index contributed by atoms with van der Waals surface area (Å²) in [5.74, 6) is 1.48. The van der Waals surface area contributed by atoms with Gasteiger partial charge in [0.25, 0.3) is 0 Å². The van der Waals surface area contributed by atoms with Crippen molar-refractivity contribution >= 4 is 11.5 Å². The van der Waals surface area contributed by atoms with Gasteiger partial charge in [0.15, 0.2) is 5.65 Å². The molecule has 19 heavy (non-hydrogen) atoms. The molecule has 3 N–H and O–H groups in total. The average Bonchev–Trinajstić information content (AvgIpc) is 2.78.